The summed E-state index contributed by atoms with van der Waals surface area (Å²) in [5.74, 6) is -4.91. The third kappa shape index (κ3) is 3.39. The van der Waals surface area contributed by atoms with E-state index in [1.54, 1.807) is 0 Å². The molecule has 0 aliphatic rings. The molecule has 0 aliphatic carbocycles. The summed E-state index contributed by atoms with van der Waals surface area (Å²) in [4.78, 5) is 5.25. The van der Waals surface area contributed by atoms with E-state index in [-0.39, 0.29) is 6.42 Å². The third-order valence-electron chi connectivity index (χ3n) is 3.67. The standard InChI is InChI=1S/C16H10ClF5N4/c17-13-8-23-9-14(26-24-5-6-25-26)12(13)7-10-1-3-11(4-2-10)15(18,19)16(20,21)22/h1-6,8-9H,7H2. The average Bonchev–Trinajstić information content (AvgIpc) is 3.10. The van der Waals surface area contributed by atoms with Gasteiger partial charge in [-0.1, -0.05) is 35.9 Å². The Labute approximate surface area is 149 Å². The molecule has 2 heterocycles. The quantitative estimate of drug-likeness (QED) is 0.615. The number of alkyl halides is 5. The Morgan fingerprint density at radius 1 is 0.923 bits per heavy atom. The molecule has 0 aliphatic heterocycles. The van der Waals surface area contributed by atoms with Gasteiger partial charge in [-0.15, -0.1) is 4.80 Å². The van der Waals surface area contributed by atoms with Crippen molar-refractivity contribution < 1.29 is 22.0 Å². The van der Waals surface area contributed by atoms with Gasteiger partial charge in [0.15, 0.2) is 0 Å². The highest BCUT2D eigenvalue weighted by Gasteiger charge is 2.58. The van der Waals surface area contributed by atoms with Gasteiger partial charge in [0.05, 0.1) is 23.6 Å². The van der Waals surface area contributed by atoms with Gasteiger partial charge in [-0.3, -0.25) is 4.98 Å². The molecule has 3 rings (SSSR count). The van der Waals surface area contributed by atoms with Gasteiger partial charge in [0.1, 0.15) is 5.69 Å². The first-order valence-electron chi connectivity index (χ1n) is 7.23. The van der Waals surface area contributed by atoms with Gasteiger partial charge in [-0.05, 0) is 5.56 Å². The van der Waals surface area contributed by atoms with Crippen molar-refractivity contribution in [2.24, 2.45) is 0 Å². The van der Waals surface area contributed by atoms with Gasteiger partial charge in [-0.2, -0.15) is 32.1 Å². The highest BCUT2D eigenvalue weighted by Crippen LogP contribution is 2.43. The minimum atomic E-state index is -5.65. The highest BCUT2D eigenvalue weighted by molar-refractivity contribution is 6.31. The predicted molar refractivity (Wildman–Crippen MR) is 83.4 cm³/mol. The maximum absolute atomic E-state index is 13.4. The Bertz CT molecular complexity index is 892. The van der Waals surface area contributed by atoms with Crippen molar-refractivity contribution in [2.45, 2.75) is 18.5 Å². The Balaban J connectivity index is 1.92. The van der Waals surface area contributed by atoms with Gasteiger partial charge in [0.25, 0.3) is 0 Å². The normalized spacial score (nSPS) is 12.4. The molecule has 0 unspecified atom stereocenters. The van der Waals surface area contributed by atoms with E-state index in [0.29, 0.717) is 21.8 Å². The molecule has 10 heteroatoms. The smallest absolute Gasteiger partial charge is 0.261 e. The molecule has 0 saturated carbocycles. The summed E-state index contributed by atoms with van der Waals surface area (Å²) >= 11 is 6.16. The average molecular weight is 389 g/mol. The van der Waals surface area contributed by atoms with Crippen LogP contribution in [0, 0.1) is 0 Å². The first-order valence-corrected chi connectivity index (χ1v) is 7.61. The van der Waals surface area contributed by atoms with Gasteiger partial charge in [0.2, 0.25) is 0 Å². The summed E-state index contributed by atoms with van der Waals surface area (Å²) in [5.41, 5.74) is 0.414. The summed E-state index contributed by atoms with van der Waals surface area (Å²) in [5, 5.41) is 8.27. The maximum Gasteiger partial charge on any atom is 0.458 e. The molecule has 0 saturated heterocycles. The molecule has 2 aromatic heterocycles. The number of rotatable bonds is 4. The molecule has 0 bridgehead atoms. The van der Waals surface area contributed by atoms with E-state index in [1.165, 1.54) is 41.7 Å². The van der Waals surface area contributed by atoms with Crippen molar-refractivity contribution >= 4 is 11.6 Å². The summed E-state index contributed by atoms with van der Waals surface area (Å²) in [6, 6.07) is 3.91. The second-order valence-corrected chi connectivity index (χ2v) is 5.79. The Kier molecular flexibility index (Phi) is 4.66. The summed E-state index contributed by atoms with van der Waals surface area (Å²) in [6.45, 7) is 0. The van der Waals surface area contributed by atoms with Crippen molar-refractivity contribution in [3.8, 4) is 5.69 Å². The second-order valence-electron chi connectivity index (χ2n) is 5.38. The first-order chi connectivity index (χ1) is 12.2. The van der Waals surface area contributed by atoms with Crippen molar-refractivity contribution in [1.82, 2.24) is 20.0 Å². The fourth-order valence-corrected chi connectivity index (χ4v) is 2.56. The molecule has 4 nitrogen and oxygen atoms in total. The zero-order valence-electron chi connectivity index (χ0n) is 12.9. The Hall–Kier alpha value is -2.55. The molecule has 0 spiro atoms. The largest absolute Gasteiger partial charge is 0.458 e. The fourth-order valence-electron chi connectivity index (χ4n) is 2.34. The molecule has 0 N–H and O–H groups in total. The second kappa shape index (κ2) is 6.64. The number of aromatic nitrogens is 4. The van der Waals surface area contributed by atoms with Crippen LogP contribution in [0.1, 0.15) is 16.7 Å². The van der Waals surface area contributed by atoms with Gasteiger partial charge < -0.3 is 0 Å². The van der Waals surface area contributed by atoms with E-state index < -0.39 is 17.7 Å². The third-order valence-corrected chi connectivity index (χ3v) is 4.00. The fraction of sp³-hybridized carbons (Fsp3) is 0.188. The SMILES string of the molecule is FC(F)(F)C(F)(F)c1ccc(Cc2c(Cl)cncc2-n2nccn2)cc1. The monoisotopic (exact) mass is 388 g/mol. The van der Waals surface area contributed by atoms with E-state index in [2.05, 4.69) is 15.2 Å². The van der Waals surface area contributed by atoms with Gasteiger partial charge in [-0.25, -0.2) is 0 Å². The van der Waals surface area contributed by atoms with Crippen molar-refractivity contribution in [3.05, 3.63) is 70.8 Å². The summed E-state index contributed by atoms with van der Waals surface area (Å²) in [7, 11) is 0. The molecule has 0 fully saturated rings. The lowest BCUT2D eigenvalue weighted by atomic mass is 10.0. The topological polar surface area (TPSA) is 43.6 Å². The molecule has 0 amide bonds. The number of benzene rings is 1. The van der Waals surface area contributed by atoms with E-state index in [1.807, 2.05) is 0 Å². The summed E-state index contributed by atoms with van der Waals surface area (Å²) < 4.78 is 64.0. The number of hydrogen-bond acceptors (Lipinski definition) is 3. The van der Waals surface area contributed by atoms with Crippen molar-refractivity contribution in [3.63, 3.8) is 0 Å². The molecule has 0 radical (unpaired) electrons. The molecule has 0 atom stereocenters. The van der Waals surface area contributed by atoms with Crippen LogP contribution in [0.3, 0.4) is 0 Å². The first kappa shape index (κ1) is 18.2. The van der Waals surface area contributed by atoms with Crippen LogP contribution in [0.4, 0.5) is 22.0 Å². The predicted octanol–water partition coefficient (Wildman–Crippen LogP) is 4.56. The lowest BCUT2D eigenvalue weighted by Gasteiger charge is -2.20. The molecule has 136 valence electrons. The molecule has 1 aromatic carbocycles. The number of pyridine rings is 1. The van der Waals surface area contributed by atoms with Crippen LogP contribution in [-0.4, -0.2) is 26.2 Å². The molecular weight excluding hydrogens is 379 g/mol. The van der Waals surface area contributed by atoms with Crippen molar-refractivity contribution in [2.75, 3.05) is 0 Å². The van der Waals surface area contributed by atoms with Crippen molar-refractivity contribution in [1.29, 1.82) is 0 Å². The van der Waals surface area contributed by atoms with E-state index in [9.17, 15) is 22.0 Å². The molecular formula is C16H10ClF5N4. The maximum atomic E-state index is 13.4. The lowest BCUT2D eigenvalue weighted by molar-refractivity contribution is -0.289. The zero-order valence-corrected chi connectivity index (χ0v) is 13.6. The minimum Gasteiger partial charge on any atom is -0.261 e. The Morgan fingerprint density at radius 3 is 2.12 bits per heavy atom. The highest BCUT2D eigenvalue weighted by atomic mass is 35.5. The van der Waals surface area contributed by atoms with Crippen LogP contribution in [0.2, 0.25) is 5.02 Å². The van der Waals surface area contributed by atoms with Gasteiger partial charge in [0, 0.05) is 23.7 Å². The van der Waals surface area contributed by atoms with Crippen LogP contribution < -0.4 is 0 Å². The lowest BCUT2D eigenvalue weighted by Crippen LogP contribution is -2.33. The minimum absolute atomic E-state index is 0.177. The van der Waals surface area contributed by atoms with Crippen LogP contribution in [0.25, 0.3) is 5.69 Å². The molecule has 26 heavy (non-hydrogen) atoms. The van der Waals surface area contributed by atoms with Crippen LogP contribution in [0.15, 0.2) is 49.1 Å². The summed E-state index contributed by atoms with van der Waals surface area (Å²) in [6.07, 6.45) is 0.318. The van der Waals surface area contributed by atoms with Crippen LogP contribution in [0.5, 0.6) is 0 Å². The Morgan fingerprint density at radius 2 is 1.54 bits per heavy atom. The molecule has 3 aromatic rings. The van der Waals surface area contributed by atoms with Crippen LogP contribution >= 0.6 is 11.6 Å². The van der Waals surface area contributed by atoms with E-state index in [4.69, 9.17) is 11.6 Å². The number of hydrogen-bond donors (Lipinski definition) is 0. The number of halogens is 6. The van der Waals surface area contributed by atoms with Gasteiger partial charge >= 0.3 is 12.1 Å². The van der Waals surface area contributed by atoms with E-state index in [0.717, 1.165) is 12.1 Å². The zero-order chi connectivity index (χ0) is 18.9. The number of nitrogens with zero attached hydrogens (tertiary/aromatic N) is 4. The van der Waals surface area contributed by atoms with E-state index >= 15 is 0 Å². The van der Waals surface area contributed by atoms with Crippen LogP contribution in [-0.2, 0) is 12.3 Å².